The summed E-state index contributed by atoms with van der Waals surface area (Å²) in [5, 5.41) is 3.06. The molecular weight excluding hydrogens is 232 g/mol. The van der Waals surface area contributed by atoms with Crippen LogP contribution in [0.25, 0.3) is 0 Å². The zero-order valence-electron chi connectivity index (χ0n) is 9.08. The molecule has 0 aliphatic heterocycles. The van der Waals surface area contributed by atoms with E-state index in [0.29, 0.717) is 18.8 Å². The Bertz CT molecular complexity index is 358. The van der Waals surface area contributed by atoms with E-state index in [1.54, 1.807) is 18.4 Å². The predicted molar refractivity (Wildman–Crippen MR) is 62.0 cm³/mol. The van der Waals surface area contributed by atoms with Gasteiger partial charge in [-0.3, -0.25) is 4.21 Å². The normalized spacial score (nSPS) is 13.0. The smallest absolute Gasteiger partial charge is 0.263 e. The van der Waals surface area contributed by atoms with Gasteiger partial charge in [-0.1, -0.05) is 18.2 Å². The molecular formula is C11H15F2NOS. The molecule has 0 radical (unpaired) electrons. The van der Waals surface area contributed by atoms with Gasteiger partial charge in [0.15, 0.2) is 0 Å². The van der Waals surface area contributed by atoms with E-state index < -0.39 is 17.2 Å². The third-order valence-electron chi connectivity index (χ3n) is 2.10. The Hall–Kier alpha value is -0.810. The van der Waals surface area contributed by atoms with Crippen LogP contribution < -0.4 is 5.32 Å². The first-order valence-electron chi connectivity index (χ1n) is 4.97. The molecule has 90 valence electrons. The Morgan fingerprint density at radius 1 is 1.44 bits per heavy atom. The third-order valence-corrected chi connectivity index (χ3v) is 2.88. The first kappa shape index (κ1) is 13.3. The molecule has 0 saturated carbocycles. The van der Waals surface area contributed by atoms with Crippen LogP contribution in [0.2, 0.25) is 0 Å². The Kier molecular flexibility index (Phi) is 5.55. The number of rotatable bonds is 6. The Balaban J connectivity index is 2.42. The minimum absolute atomic E-state index is 0.0402. The molecule has 0 aliphatic carbocycles. The molecule has 0 saturated heterocycles. The van der Waals surface area contributed by atoms with Gasteiger partial charge >= 0.3 is 0 Å². The van der Waals surface area contributed by atoms with Crippen LogP contribution in [0.15, 0.2) is 24.3 Å². The highest BCUT2D eigenvalue weighted by molar-refractivity contribution is 7.84. The number of hydrogen-bond donors (Lipinski definition) is 1. The fourth-order valence-electron chi connectivity index (χ4n) is 1.29. The summed E-state index contributed by atoms with van der Waals surface area (Å²) in [5.41, 5.74) is 0.859. The molecule has 0 aromatic heterocycles. The molecule has 0 bridgehead atoms. The molecule has 0 spiro atoms. The van der Waals surface area contributed by atoms with E-state index in [0.717, 1.165) is 5.56 Å². The van der Waals surface area contributed by atoms with Crippen LogP contribution in [0.5, 0.6) is 0 Å². The highest BCUT2D eigenvalue weighted by Crippen LogP contribution is 2.19. The molecule has 1 atom stereocenters. The number of hydrogen-bond acceptors (Lipinski definition) is 2. The molecule has 1 N–H and O–H groups in total. The van der Waals surface area contributed by atoms with Gasteiger partial charge in [-0.05, 0) is 11.6 Å². The summed E-state index contributed by atoms with van der Waals surface area (Å²) in [5.74, 6) is 0.578. The van der Waals surface area contributed by atoms with Crippen LogP contribution in [0.1, 0.15) is 17.6 Å². The van der Waals surface area contributed by atoms with Crippen molar-refractivity contribution in [2.24, 2.45) is 0 Å². The SMILES string of the molecule is CS(=O)CCNCc1cccc(C(F)F)c1. The maximum atomic E-state index is 12.4. The number of alkyl halides is 2. The molecule has 16 heavy (non-hydrogen) atoms. The Labute approximate surface area is 96.5 Å². The van der Waals surface area contributed by atoms with E-state index in [1.165, 1.54) is 12.1 Å². The summed E-state index contributed by atoms with van der Waals surface area (Å²) in [7, 11) is -0.818. The average molecular weight is 247 g/mol. The van der Waals surface area contributed by atoms with Crippen molar-refractivity contribution in [3.8, 4) is 0 Å². The lowest BCUT2D eigenvalue weighted by atomic mass is 10.1. The van der Waals surface area contributed by atoms with Crippen LogP contribution in [-0.2, 0) is 17.3 Å². The first-order chi connectivity index (χ1) is 7.59. The van der Waals surface area contributed by atoms with Crippen LogP contribution in [0.3, 0.4) is 0 Å². The predicted octanol–water partition coefficient (Wildman–Crippen LogP) is 2.09. The Morgan fingerprint density at radius 3 is 2.81 bits per heavy atom. The van der Waals surface area contributed by atoms with Gasteiger partial charge in [-0.25, -0.2) is 8.78 Å². The van der Waals surface area contributed by atoms with Crippen LogP contribution in [0.4, 0.5) is 8.78 Å². The van der Waals surface area contributed by atoms with Gasteiger partial charge in [0, 0.05) is 41.5 Å². The van der Waals surface area contributed by atoms with Gasteiger partial charge in [-0.2, -0.15) is 0 Å². The van der Waals surface area contributed by atoms with Crippen LogP contribution >= 0.6 is 0 Å². The molecule has 1 aromatic carbocycles. The molecule has 0 amide bonds. The third kappa shape index (κ3) is 4.81. The van der Waals surface area contributed by atoms with E-state index in [2.05, 4.69) is 5.32 Å². The van der Waals surface area contributed by atoms with Crippen LogP contribution in [0, 0.1) is 0 Å². The van der Waals surface area contributed by atoms with Gasteiger partial charge in [-0.15, -0.1) is 0 Å². The van der Waals surface area contributed by atoms with Crippen molar-refractivity contribution in [3.05, 3.63) is 35.4 Å². The number of nitrogens with one attached hydrogen (secondary N) is 1. The fraction of sp³-hybridized carbons (Fsp3) is 0.455. The second kappa shape index (κ2) is 6.70. The summed E-state index contributed by atoms with van der Waals surface area (Å²) in [6, 6.07) is 6.31. The zero-order valence-corrected chi connectivity index (χ0v) is 9.90. The maximum absolute atomic E-state index is 12.4. The largest absolute Gasteiger partial charge is 0.312 e. The van der Waals surface area contributed by atoms with Crippen molar-refractivity contribution in [1.29, 1.82) is 0 Å². The van der Waals surface area contributed by atoms with E-state index in [1.807, 2.05) is 0 Å². The van der Waals surface area contributed by atoms with E-state index >= 15 is 0 Å². The molecule has 2 nitrogen and oxygen atoms in total. The summed E-state index contributed by atoms with van der Waals surface area (Å²) >= 11 is 0. The molecule has 1 unspecified atom stereocenters. The summed E-state index contributed by atoms with van der Waals surface area (Å²) < 4.78 is 35.5. The lowest BCUT2D eigenvalue weighted by molar-refractivity contribution is 0.151. The van der Waals surface area contributed by atoms with Crippen molar-refractivity contribution < 1.29 is 13.0 Å². The van der Waals surface area contributed by atoms with E-state index in [9.17, 15) is 13.0 Å². The highest BCUT2D eigenvalue weighted by atomic mass is 32.2. The van der Waals surface area contributed by atoms with Crippen molar-refractivity contribution >= 4 is 10.8 Å². The second-order valence-corrected chi connectivity index (χ2v) is 5.05. The van der Waals surface area contributed by atoms with E-state index in [-0.39, 0.29) is 5.56 Å². The zero-order chi connectivity index (χ0) is 12.0. The second-order valence-electron chi connectivity index (χ2n) is 3.50. The van der Waals surface area contributed by atoms with Gasteiger partial charge in [0.2, 0.25) is 0 Å². The van der Waals surface area contributed by atoms with Crippen molar-refractivity contribution in [2.75, 3.05) is 18.6 Å². The molecule has 0 aliphatic rings. The molecule has 1 rings (SSSR count). The monoisotopic (exact) mass is 247 g/mol. The average Bonchev–Trinajstić information content (AvgIpc) is 2.24. The molecule has 5 heteroatoms. The van der Waals surface area contributed by atoms with Gasteiger partial charge in [0.25, 0.3) is 6.43 Å². The lowest BCUT2D eigenvalue weighted by Crippen LogP contribution is -2.19. The fourth-order valence-corrected chi connectivity index (χ4v) is 1.72. The van der Waals surface area contributed by atoms with E-state index in [4.69, 9.17) is 0 Å². The number of halogens is 2. The van der Waals surface area contributed by atoms with Gasteiger partial charge in [0.05, 0.1) is 0 Å². The topological polar surface area (TPSA) is 29.1 Å². The lowest BCUT2D eigenvalue weighted by Gasteiger charge is -2.06. The molecule has 0 heterocycles. The Morgan fingerprint density at radius 2 is 2.19 bits per heavy atom. The standard InChI is InChI=1S/C11H15F2NOS/c1-16(15)6-5-14-8-9-3-2-4-10(7-9)11(12)13/h2-4,7,11,14H,5-6,8H2,1H3. The van der Waals surface area contributed by atoms with Crippen molar-refractivity contribution in [3.63, 3.8) is 0 Å². The van der Waals surface area contributed by atoms with Gasteiger partial charge in [0.1, 0.15) is 0 Å². The minimum Gasteiger partial charge on any atom is -0.312 e. The highest BCUT2D eigenvalue weighted by Gasteiger charge is 2.06. The van der Waals surface area contributed by atoms with Crippen molar-refractivity contribution in [2.45, 2.75) is 13.0 Å². The van der Waals surface area contributed by atoms with Crippen LogP contribution in [-0.4, -0.2) is 22.8 Å². The summed E-state index contributed by atoms with van der Waals surface area (Å²) in [4.78, 5) is 0. The molecule has 1 aromatic rings. The van der Waals surface area contributed by atoms with Gasteiger partial charge < -0.3 is 5.32 Å². The maximum Gasteiger partial charge on any atom is 0.263 e. The molecule has 0 fully saturated rings. The summed E-state index contributed by atoms with van der Waals surface area (Å²) in [6.45, 7) is 1.15. The quantitative estimate of drug-likeness (QED) is 0.780. The first-order valence-corrected chi connectivity index (χ1v) is 6.70. The van der Waals surface area contributed by atoms with Crippen molar-refractivity contribution in [1.82, 2.24) is 5.32 Å². The minimum atomic E-state index is -2.43. The number of benzene rings is 1. The summed E-state index contributed by atoms with van der Waals surface area (Å²) in [6.07, 6.45) is -0.790.